The zero-order valence-corrected chi connectivity index (χ0v) is 16.3. The van der Waals surface area contributed by atoms with E-state index < -0.39 is 17.6 Å². The van der Waals surface area contributed by atoms with Crippen molar-refractivity contribution in [2.75, 3.05) is 5.32 Å². The lowest BCUT2D eigenvalue weighted by Gasteiger charge is -2.12. The second-order valence-corrected chi connectivity index (χ2v) is 6.89. The maximum Gasteiger partial charge on any atom is 0.416 e. The molecule has 1 N–H and O–H groups in total. The van der Waals surface area contributed by atoms with Crippen LogP contribution in [0.2, 0.25) is 0 Å². The van der Waals surface area contributed by atoms with E-state index in [0.717, 1.165) is 12.1 Å². The van der Waals surface area contributed by atoms with Crippen molar-refractivity contribution in [1.29, 1.82) is 0 Å². The third kappa shape index (κ3) is 4.05. The van der Waals surface area contributed by atoms with Crippen molar-refractivity contribution < 1.29 is 18.0 Å². The summed E-state index contributed by atoms with van der Waals surface area (Å²) in [5, 5.41) is 3.04. The number of nitrogens with one attached hydrogen (secondary N) is 1. The van der Waals surface area contributed by atoms with Crippen LogP contribution in [-0.2, 0) is 6.18 Å². The van der Waals surface area contributed by atoms with Crippen molar-refractivity contribution in [1.82, 2.24) is 9.55 Å². The summed E-state index contributed by atoms with van der Waals surface area (Å²) < 4.78 is 39.4. The molecule has 4 rings (SSSR count). The number of benzene rings is 3. The molecule has 0 atom stereocenters. The van der Waals surface area contributed by atoms with E-state index in [1.54, 1.807) is 37.3 Å². The molecule has 1 heterocycles. The van der Waals surface area contributed by atoms with Crippen LogP contribution in [0.25, 0.3) is 16.6 Å². The monoisotopic (exact) mass is 423 g/mol. The van der Waals surface area contributed by atoms with E-state index >= 15 is 0 Å². The SMILES string of the molecule is Cc1nc2ccccc2c(=O)n1-c1ccc(C(=O)Nc2ccc(C(F)(F)F)cc2)cc1. The van der Waals surface area contributed by atoms with Gasteiger partial charge in [0.1, 0.15) is 5.82 Å². The summed E-state index contributed by atoms with van der Waals surface area (Å²) >= 11 is 0. The molecule has 1 aromatic heterocycles. The fourth-order valence-corrected chi connectivity index (χ4v) is 3.26. The Morgan fingerprint density at radius 2 is 1.58 bits per heavy atom. The van der Waals surface area contributed by atoms with Crippen LogP contribution in [0, 0.1) is 6.92 Å². The summed E-state index contributed by atoms with van der Waals surface area (Å²) in [4.78, 5) is 29.8. The topological polar surface area (TPSA) is 64.0 Å². The highest BCUT2D eigenvalue weighted by atomic mass is 19.4. The molecule has 3 aromatic carbocycles. The number of nitrogens with zero attached hydrogens (tertiary/aromatic N) is 2. The number of alkyl halides is 3. The van der Waals surface area contributed by atoms with Crippen LogP contribution in [0.15, 0.2) is 77.6 Å². The van der Waals surface area contributed by atoms with E-state index in [2.05, 4.69) is 10.3 Å². The lowest BCUT2D eigenvalue weighted by atomic mass is 10.1. The predicted molar refractivity (Wildman–Crippen MR) is 111 cm³/mol. The average Bonchev–Trinajstić information content (AvgIpc) is 2.74. The summed E-state index contributed by atoms with van der Waals surface area (Å²) in [6.07, 6.45) is -4.44. The van der Waals surface area contributed by atoms with Gasteiger partial charge in [0, 0.05) is 11.3 Å². The van der Waals surface area contributed by atoms with Crippen LogP contribution >= 0.6 is 0 Å². The van der Waals surface area contributed by atoms with Gasteiger partial charge in [0.15, 0.2) is 0 Å². The molecule has 8 heteroatoms. The second-order valence-electron chi connectivity index (χ2n) is 6.89. The molecule has 156 valence electrons. The van der Waals surface area contributed by atoms with Gasteiger partial charge in [-0.2, -0.15) is 13.2 Å². The number of rotatable bonds is 3. The second kappa shape index (κ2) is 7.71. The third-order valence-electron chi connectivity index (χ3n) is 4.80. The average molecular weight is 423 g/mol. The molecule has 0 spiro atoms. The first-order valence-electron chi connectivity index (χ1n) is 9.31. The van der Waals surface area contributed by atoms with Gasteiger partial charge in [-0.15, -0.1) is 0 Å². The predicted octanol–water partition coefficient (Wildman–Crippen LogP) is 4.97. The van der Waals surface area contributed by atoms with Crippen molar-refractivity contribution in [2.24, 2.45) is 0 Å². The highest BCUT2D eigenvalue weighted by Crippen LogP contribution is 2.29. The number of fused-ring (bicyclic) bond motifs is 1. The molecule has 5 nitrogen and oxygen atoms in total. The van der Waals surface area contributed by atoms with Gasteiger partial charge < -0.3 is 5.32 Å². The van der Waals surface area contributed by atoms with Gasteiger partial charge in [-0.25, -0.2) is 4.98 Å². The summed E-state index contributed by atoms with van der Waals surface area (Å²) in [6.45, 7) is 1.72. The van der Waals surface area contributed by atoms with Gasteiger partial charge in [-0.3, -0.25) is 14.2 Å². The zero-order chi connectivity index (χ0) is 22.2. The van der Waals surface area contributed by atoms with Crippen LogP contribution < -0.4 is 10.9 Å². The van der Waals surface area contributed by atoms with Crippen LogP contribution in [0.1, 0.15) is 21.7 Å². The van der Waals surface area contributed by atoms with Crippen LogP contribution in [0.5, 0.6) is 0 Å². The molecule has 0 aliphatic rings. The quantitative estimate of drug-likeness (QED) is 0.506. The Hall–Kier alpha value is -3.94. The Morgan fingerprint density at radius 3 is 2.23 bits per heavy atom. The van der Waals surface area contributed by atoms with Crippen LogP contribution in [-0.4, -0.2) is 15.5 Å². The van der Waals surface area contributed by atoms with E-state index in [4.69, 9.17) is 0 Å². The first-order valence-corrected chi connectivity index (χ1v) is 9.31. The highest BCUT2D eigenvalue weighted by Gasteiger charge is 2.30. The zero-order valence-electron chi connectivity index (χ0n) is 16.3. The molecular weight excluding hydrogens is 407 g/mol. The number of aryl methyl sites for hydroxylation is 1. The Kier molecular flexibility index (Phi) is 5.06. The Labute approximate surface area is 174 Å². The van der Waals surface area contributed by atoms with Crippen molar-refractivity contribution >= 4 is 22.5 Å². The van der Waals surface area contributed by atoms with Crippen LogP contribution in [0.3, 0.4) is 0 Å². The molecule has 0 radical (unpaired) electrons. The summed E-state index contributed by atoms with van der Waals surface area (Å²) in [5.74, 6) is 0.0256. The lowest BCUT2D eigenvalue weighted by molar-refractivity contribution is -0.137. The number of aromatic nitrogens is 2. The smallest absolute Gasteiger partial charge is 0.322 e. The number of para-hydroxylation sites is 1. The number of amides is 1. The Balaban J connectivity index is 1.58. The third-order valence-corrected chi connectivity index (χ3v) is 4.80. The number of anilines is 1. The minimum Gasteiger partial charge on any atom is -0.322 e. The standard InChI is InChI=1S/C23H16F3N3O2/c1-14-27-20-5-3-2-4-19(20)22(31)29(14)18-12-6-15(7-13-18)21(30)28-17-10-8-16(9-11-17)23(24,25)26/h2-13H,1H3,(H,28,30). The van der Waals surface area contributed by atoms with Gasteiger partial charge >= 0.3 is 6.18 Å². The first-order chi connectivity index (χ1) is 14.7. The molecule has 0 saturated heterocycles. The Morgan fingerprint density at radius 1 is 0.935 bits per heavy atom. The van der Waals surface area contributed by atoms with E-state index in [-0.39, 0.29) is 11.2 Å². The molecule has 31 heavy (non-hydrogen) atoms. The molecule has 4 aromatic rings. The van der Waals surface area contributed by atoms with Crippen molar-refractivity contribution in [3.05, 3.63) is 100 Å². The van der Waals surface area contributed by atoms with E-state index in [9.17, 15) is 22.8 Å². The van der Waals surface area contributed by atoms with Crippen molar-refractivity contribution in [3.8, 4) is 5.69 Å². The number of carbonyl (C=O) groups excluding carboxylic acids is 1. The number of hydrogen-bond donors (Lipinski definition) is 1. The van der Waals surface area contributed by atoms with E-state index in [1.807, 2.05) is 6.07 Å². The molecule has 0 unspecified atom stereocenters. The van der Waals surface area contributed by atoms with E-state index in [1.165, 1.54) is 28.8 Å². The number of hydrogen-bond acceptors (Lipinski definition) is 3. The minimum absolute atomic E-state index is 0.218. The number of carbonyl (C=O) groups is 1. The van der Waals surface area contributed by atoms with Gasteiger partial charge in [-0.1, -0.05) is 12.1 Å². The first kappa shape index (κ1) is 20.3. The summed E-state index contributed by atoms with van der Waals surface area (Å²) in [5.41, 5.74) is 0.682. The molecular formula is C23H16F3N3O2. The maximum absolute atomic E-state index is 12.9. The lowest BCUT2D eigenvalue weighted by Crippen LogP contribution is -2.22. The van der Waals surface area contributed by atoms with E-state index in [0.29, 0.717) is 28.0 Å². The highest BCUT2D eigenvalue weighted by molar-refractivity contribution is 6.04. The number of halogens is 3. The summed E-state index contributed by atoms with van der Waals surface area (Å²) in [6, 6.07) is 17.5. The summed E-state index contributed by atoms with van der Waals surface area (Å²) in [7, 11) is 0. The molecule has 0 saturated carbocycles. The maximum atomic E-state index is 12.9. The van der Waals surface area contributed by atoms with Gasteiger partial charge in [0.05, 0.1) is 22.2 Å². The molecule has 1 amide bonds. The van der Waals surface area contributed by atoms with Gasteiger partial charge in [-0.05, 0) is 67.6 Å². The molecule has 0 aliphatic carbocycles. The van der Waals surface area contributed by atoms with Crippen LogP contribution in [0.4, 0.5) is 18.9 Å². The minimum atomic E-state index is -4.44. The van der Waals surface area contributed by atoms with Gasteiger partial charge in [0.2, 0.25) is 0 Å². The fourth-order valence-electron chi connectivity index (χ4n) is 3.26. The normalized spacial score (nSPS) is 11.5. The Bertz CT molecular complexity index is 1330. The molecule has 0 aliphatic heterocycles. The largest absolute Gasteiger partial charge is 0.416 e. The van der Waals surface area contributed by atoms with Crippen molar-refractivity contribution in [2.45, 2.75) is 13.1 Å². The van der Waals surface area contributed by atoms with Gasteiger partial charge in [0.25, 0.3) is 11.5 Å². The molecule has 0 bridgehead atoms. The van der Waals surface area contributed by atoms with Crippen molar-refractivity contribution in [3.63, 3.8) is 0 Å². The fraction of sp³-hybridized carbons (Fsp3) is 0.0870. The molecule has 0 fully saturated rings.